The Bertz CT molecular complexity index is 834. The molecular formula is C19H16F2N2. The molecule has 1 aliphatic rings. The first-order valence-electron chi connectivity index (χ1n) is 7.78. The van der Waals surface area contributed by atoms with Crippen molar-refractivity contribution in [3.8, 4) is 11.1 Å². The highest BCUT2D eigenvalue weighted by Gasteiger charge is 2.23. The molecule has 1 unspecified atom stereocenters. The molecule has 2 nitrogen and oxygen atoms in total. The lowest BCUT2D eigenvalue weighted by atomic mass is 9.90. The second-order valence-corrected chi connectivity index (χ2v) is 5.95. The van der Waals surface area contributed by atoms with E-state index >= 15 is 0 Å². The Balaban J connectivity index is 1.86. The molecule has 0 saturated heterocycles. The largest absolute Gasteiger partial charge is 0.327 e. The number of nitrogens with zero attached hydrogens (tertiary/aromatic N) is 2. The summed E-state index contributed by atoms with van der Waals surface area (Å²) >= 11 is 0. The zero-order valence-corrected chi connectivity index (χ0v) is 12.5. The standard InChI is InChI=1S/C19H16F2N2/c20-14-8-13(9-15(21)10-14)17-5-1-2-6-18(17)19-7-3-4-16-11-22-12-23(16)19/h1-2,5-6,8-12,19H,3-4,7H2. The van der Waals surface area contributed by atoms with Crippen LogP contribution in [-0.4, -0.2) is 9.55 Å². The second kappa shape index (κ2) is 5.61. The van der Waals surface area contributed by atoms with Crippen molar-refractivity contribution in [3.63, 3.8) is 0 Å². The predicted molar refractivity (Wildman–Crippen MR) is 85.1 cm³/mol. The average molecular weight is 310 g/mol. The smallest absolute Gasteiger partial charge is 0.126 e. The van der Waals surface area contributed by atoms with Crippen LogP contribution in [0.2, 0.25) is 0 Å². The van der Waals surface area contributed by atoms with E-state index in [9.17, 15) is 8.78 Å². The van der Waals surface area contributed by atoms with Crippen LogP contribution in [0.15, 0.2) is 55.0 Å². The van der Waals surface area contributed by atoms with Crippen molar-refractivity contribution in [2.45, 2.75) is 25.3 Å². The van der Waals surface area contributed by atoms with Crippen LogP contribution < -0.4 is 0 Å². The lowest BCUT2D eigenvalue weighted by Gasteiger charge is -2.27. The zero-order chi connectivity index (χ0) is 15.8. The highest BCUT2D eigenvalue weighted by Crippen LogP contribution is 2.36. The minimum Gasteiger partial charge on any atom is -0.327 e. The maximum absolute atomic E-state index is 13.6. The Labute approximate surface area is 133 Å². The van der Waals surface area contributed by atoms with Gasteiger partial charge in [-0.25, -0.2) is 13.8 Å². The third-order valence-electron chi connectivity index (χ3n) is 4.49. The molecule has 116 valence electrons. The molecule has 1 aliphatic heterocycles. The first-order valence-corrected chi connectivity index (χ1v) is 7.78. The molecule has 0 spiro atoms. The predicted octanol–water partition coefficient (Wildman–Crippen LogP) is 4.75. The van der Waals surface area contributed by atoms with Gasteiger partial charge in [-0.2, -0.15) is 0 Å². The molecule has 4 rings (SSSR count). The van der Waals surface area contributed by atoms with Crippen molar-refractivity contribution < 1.29 is 8.78 Å². The van der Waals surface area contributed by atoms with E-state index in [-0.39, 0.29) is 6.04 Å². The number of aromatic nitrogens is 2. The maximum Gasteiger partial charge on any atom is 0.126 e. The summed E-state index contributed by atoms with van der Waals surface area (Å²) in [5.74, 6) is -1.11. The summed E-state index contributed by atoms with van der Waals surface area (Å²) in [6.07, 6.45) is 6.85. The monoisotopic (exact) mass is 310 g/mol. The van der Waals surface area contributed by atoms with Crippen LogP contribution in [0.4, 0.5) is 8.78 Å². The Kier molecular flexibility index (Phi) is 3.45. The van der Waals surface area contributed by atoms with Gasteiger partial charge in [-0.15, -0.1) is 0 Å². The van der Waals surface area contributed by atoms with E-state index in [1.54, 1.807) is 0 Å². The average Bonchev–Trinajstić information content (AvgIpc) is 3.02. The Morgan fingerprint density at radius 3 is 2.65 bits per heavy atom. The lowest BCUT2D eigenvalue weighted by Crippen LogP contribution is -2.18. The van der Waals surface area contributed by atoms with Gasteiger partial charge in [0.2, 0.25) is 0 Å². The summed E-state index contributed by atoms with van der Waals surface area (Å²) in [6.45, 7) is 0. The number of aryl methyl sites for hydroxylation is 1. The molecule has 3 aromatic rings. The summed E-state index contributed by atoms with van der Waals surface area (Å²) in [4.78, 5) is 4.25. The van der Waals surface area contributed by atoms with Crippen molar-refractivity contribution in [2.75, 3.05) is 0 Å². The SMILES string of the molecule is Fc1cc(F)cc(-c2ccccc2C2CCCc3cncn32)c1. The number of hydrogen-bond acceptors (Lipinski definition) is 1. The van der Waals surface area contributed by atoms with E-state index in [4.69, 9.17) is 0 Å². The number of rotatable bonds is 2. The fourth-order valence-electron chi connectivity index (χ4n) is 3.49. The molecule has 0 aliphatic carbocycles. The van der Waals surface area contributed by atoms with Gasteiger partial charge in [0, 0.05) is 18.0 Å². The number of imidazole rings is 1. The van der Waals surface area contributed by atoms with Gasteiger partial charge in [-0.1, -0.05) is 24.3 Å². The zero-order valence-electron chi connectivity index (χ0n) is 12.5. The number of hydrogen-bond donors (Lipinski definition) is 0. The minimum atomic E-state index is -0.554. The Morgan fingerprint density at radius 2 is 1.83 bits per heavy atom. The van der Waals surface area contributed by atoms with E-state index in [1.807, 2.05) is 36.8 Å². The molecule has 0 fully saturated rings. The molecule has 2 aromatic carbocycles. The molecule has 2 heterocycles. The van der Waals surface area contributed by atoms with Crippen molar-refractivity contribution in [3.05, 3.63) is 77.9 Å². The normalized spacial score (nSPS) is 17.0. The maximum atomic E-state index is 13.6. The highest BCUT2D eigenvalue weighted by atomic mass is 19.1. The van der Waals surface area contributed by atoms with E-state index < -0.39 is 11.6 Å². The van der Waals surface area contributed by atoms with Gasteiger partial charge in [0.1, 0.15) is 11.6 Å². The van der Waals surface area contributed by atoms with Gasteiger partial charge in [-0.3, -0.25) is 0 Å². The molecular weight excluding hydrogens is 294 g/mol. The first kappa shape index (κ1) is 14.1. The number of fused-ring (bicyclic) bond motifs is 1. The summed E-state index contributed by atoms with van der Waals surface area (Å²) in [6, 6.07) is 11.7. The topological polar surface area (TPSA) is 17.8 Å². The van der Waals surface area contributed by atoms with Crippen LogP contribution >= 0.6 is 0 Å². The van der Waals surface area contributed by atoms with Crippen LogP contribution in [0, 0.1) is 11.6 Å². The third-order valence-corrected chi connectivity index (χ3v) is 4.49. The molecule has 0 saturated carbocycles. The molecule has 4 heteroatoms. The molecule has 0 amide bonds. The number of benzene rings is 2. The van der Waals surface area contributed by atoms with Crippen molar-refractivity contribution >= 4 is 0 Å². The summed E-state index contributed by atoms with van der Waals surface area (Å²) in [5, 5.41) is 0. The van der Waals surface area contributed by atoms with E-state index in [0.717, 1.165) is 36.5 Å². The fourth-order valence-corrected chi connectivity index (χ4v) is 3.49. The van der Waals surface area contributed by atoms with Gasteiger partial charge < -0.3 is 4.57 Å². The van der Waals surface area contributed by atoms with Crippen LogP contribution in [0.25, 0.3) is 11.1 Å². The quantitative estimate of drug-likeness (QED) is 0.667. The van der Waals surface area contributed by atoms with Gasteiger partial charge >= 0.3 is 0 Å². The second-order valence-electron chi connectivity index (χ2n) is 5.95. The van der Waals surface area contributed by atoms with E-state index in [1.165, 1.54) is 17.8 Å². The molecule has 1 atom stereocenters. The van der Waals surface area contributed by atoms with Crippen LogP contribution in [-0.2, 0) is 6.42 Å². The van der Waals surface area contributed by atoms with Crippen LogP contribution in [0.1, 0.15) is 30.1 Å². The van der Waals surface area contributed by atoms with Crippen molar-refractivity contribution in [1.82, 2.24) is 9.55 Å². The van der Waals surface area contributed by atoms with Gasteiger partial charge in [0.25, 0.3) is 0 Å². The first-order chi connectivity index (χ1) is 11.2. The fraction of sp³-hybridized carbons (Fsp3) is 0.211. The van der Waals surface area contributed by atoms with E-state index in [0.29, 0.717) is 5.56 Å². The summed E-state index contributed by atoms with van der Waals surface area (Å²) < 4.78 is 29.4. The van der Waals surface area contributed by atoms with Crippen LogP contribution in [0.5, 0.6) is 0 Å². The summed E-state index contributed by atoms with van der Waals surface area (Å²) in [5.41, 5.74) is 3.74. The third kappa shape index (κ3) is 2.54. The Hall–Kier alpha value is -2.49. The number of halogens is 2. The van der Waals surface area contributed by atoms with Crippen molar-refractivity contribution in [1.29, 1.82) is 0 Å². The van der Waals surface area contributed by atoms with Crippen molar-refractivity contribution in [2.24, 2.45) is 0 Å². The minimum absolute atomic E-state index is 0.156. The highest BCUT2D eigenvalue weighted by molar-refractivity contribution is 5.68. The molecule has 23 heavy (non-hydrogen) atoms. The lowest BCUT2D eigenvalue weighted by molar-refractivity contribution is 0.458. The van der Waals surface area contributed by atoms with Gasteiger partial charge in [-0.05, 0) is 48.1 Å². The van der Waals surface area contributed by atoms with Crippen LogP contribution in [0.3, 0.4) is 0 Å². The summed E-state index contributed by atoms with van der Waals surface area (Å²) in [7, 11) is 0. The molecule has 0 bridgehead atoms. The van der Waals surface area contributed by atoms with Gasteiger partial charge in [0.15, 0.2) is 0 Å². The molecule has 1 aromatic heterocycles. The Morgan fingerprint density at radius 1 is 1.04 bits per heavy atom. The molecule has 0 radical (unpaired) electrons. The van der Waals surface area contributed by atoms with Gasteiger partial charge in [0.05, 0.1) is 12.4 Å². The van der Waals surface area contributed by atoms with E-state index in [2.05, 4.69) is 9.55 Å². The molecule has 0 N–H and O–H groups in total.